The van der Waals surface area contributed by atoms with E-state index in [2.05, 4.69) is 0 Å². The summed E-state index contributed by atoms with van der Waals surface area (Å²) in [6.07, 6.45) is 0.554. The smallest absolute Gasteiger partial charge is 0.151 e. The number of hydrogen-bond donors (Lipinski definition) is 0. The summed E-state index contributed by atoms with van der Waals surface area (Å²) in [6.45, 7) is 0. The number of rotatable bonds is 3. The van der Waals surface area contributed by atoms with E-state index < -0.39 is 20.8 Å². The maximum Gasteiger partial charge on any atom is 0.151 e. The number of sulfone groups is 1. The van der Waals surface area contributed by atoms with Crippen LogP contribution in [0.1, 0.15) is 6.42 Å². The van der Waals surface area contributed by atoms with Crippen LogP contribution in [-0.2, 0) is 20.8 Å². The molecule has 2 aromatic rings. The zero-order chi connectivity index (χ0) is 15.0. The first-order valence-electron chi connectivity index (χ1n) is 6.80. The molecule has 0 radical (unpaired) electrons. The Morgan fingerprint density at radius 1 is 1.14 bits per heavy atom. The second-order valence-electron chi connectivity index (χ2n) is 5.36. The standard InChI is InChI=1S/C15H17NO3S2/c1-16(14-8-9-21(18,19)11-14)20(17)15-7-6-12-4-2-3-5-13(12)10-15/h2-7,10,14H,8-9,11H2,1H3/t14-,20+/m1/s1. The third kappa shape index (κ3) is 3.02. The zero-order valence-corrected chi connectivity index (χ0v) is 13.4. The lowest BCUT2D eigenvalue weighted by molar-refractivity contribution is 0.422. The molecule has 0 amide bonds. The largest absolute Gasteiger partial charge is 0.237 e. The third-order valence-corrected chi connectivity index (χ3v) is 7.14. The van der Waals surface area contributed by atoms with Crippen molar-refractivity contribution in [1.29, 1.82) is 0 Å². The van der Waals surface area contributed by atoms with E-state index in [4.69, 9.17) is 0 Å². The van der Waals surface area contributed by atoms with Crippen LogP contribution in [0.25, 0.3) is 10.8 Å². The van der Waals surface area contributed by atoms with E-state index in [9.17, 15) is 12.6 Å². The fourth-order valence-corrected chi connectivity index (χ4v) is 5.70. The monoisotopic (exact) mass is 323 g/mol. The Kier molecular flexibility index (Phi) is 3.86. The molecule has 2 aromatic carbocycles. The molecular weight excluding hydrogens is 306 g/mol. The zero-order valence-electron chi connectivity index (χ0n) is 11.7. The SMILES string of the molecule is CN([C@@H]1CCS(=O)(=O)C1)[S@@](=O)c1ccc2ccccc2c1. The molecular formula is C15H17NO3S2. The number of fused-ring (bicyclic) bond motifs is 1. The van der Waals surface area contributed by atoms with E-state index in [-0.39, 0.29) is 17.5 Å². The van der Waals surface area contributed by atoms with Crippen molar-refractivity contribution in [3.8, 4) is 0 Å². The second-order valence-corrected chi connectivity index (χ2v) is 9.14. The summed E-state index contributed by atoms with van der Waals surface area (Å²) in [5.41, 5.74) is 0. The van der Waals surface area contributed by atoms with E-state index >= 15 is 0 Å². The minimum Gasteiger partial charge on any atom is -0.237 e. The fourth-order valence-electron chi connectivity index (χ4n) is 2.64. The third-order valence-electron chi connectivity index (χ3n) is 3.91. The first-order chi connectivity index (χ1) is 9.96. The van der Waals surface area contributed by atoms with Gasteiger partial charge in [0.25, 0.3) is 0 Å². The van der Waals surface area contributed by atoms with Gasteiger partial charge in [-0.2, -0.15) is 0 Å². The van der Waals surface area contributed by atoms with Gasteiger partial charge >= 0.3 is 0 Å². The van der Waals surface area contributed by atoms with Crippen molar-refractivity contribution in [3.05, 3.63) is 42.5 Å². The summed E-state index contributed by atoms with van der Waals surface area (Å²) < 4.78 is 37.4. The van der Waals surface area contributed by atoms with Gasteiger partial charge in [0.05, 0.1) is 16.4 Å². The average Bonchev–Trinajstić information content (AvgIpc) is 2.85. The molecule has 0 N–H and O–H groups in total. The molecule has 112 valence electrons. The van der Waals surface area contributed by atoms with Crippen LogP contribution in [0.2, 0.25) is 0 Å². The fraction of sp³-hybridized carbons (Fsp3) is 0.333. The van der Waals surface area contributed by atoms with Crippen molar-refractivity contribution < 1.29 is 12.6 Å². The van der Waals surface area contributed by atoms with Gasteiger partial charge in [-0.3, -0.25) is 0 Å². The lowest BCUT2D eigenvalue weighted by Crippen LogP contribution is -2.34. The summed E-state index contributed by atoms with van der Waals surface area (Å²) in [5.74, 6) is 0.291. The van der Waals surface area contributed by atoms with Gasteiger partial charge in [0, 0.05) is 13.1 Å². The van der Waals surface area contributed by atoms with Gasteiger partial charge in [0.15, 0.2) is 9.84 Å². The molecule has 0 aromatic heterocycles. The van der Waals surface area contributed by atoms with E-state index in [1.165, 1.54) is 0 Å². The minimum atomic E-state index is -2.97. The molecule has 2 atom stereocenters. The Bertz CT molecular complexity index is 801. The molecule has 1 aliphatic rings. The Labute approximate surface area is 127 Å². The van der Waals surface area contributed by atoms with E-state index in [0.717, 1.165) is 10.8 Å². The number of nitrogens with zero attached hydrogens (tertiary/aromatic N) is 1. The number of benzene rings is 2. The van der Waals surface area contributed by atoms with Gasteiger partial charge in [-0.15, -0.1) is 0 Å². The molecule has 21 heavy (non-hydrogen) atoms. The van der Waals surface area contributed by atoms with Crippen molar-refractivity contribution in [1.82, 2.24) is 4.31 Å². The summed E-state index contributed by atoms with van der Waals surface area (Å²) in [4.78, 5) is 0.709. The predicted octanol–water partition coefficient (Wildman–Crippen LogP) is 1.98. The quantitative estimate of drug-likeness (QED) is 0.868. The van der Waals surface area contributed by atoms with Crippen LogP contribution in [0.3, 0.4) is 0 Å². The van der Waals surface area contributed by atoms with Gasteiger partial charge in [-0.1, -0.05) is 30.3 Å². The van der Waals surface area contributed by atoms with Crippen molar-refractivity contribution in [3.63, 3.8) is 0 Å². The number of hydrogen-bond acceptors (Lipinski definition) is 3. The first kappa shape index (κ1) is 14.7. The Morgan fingerprint density at radius 2 is 1.86 bits per heavy atom. The van der Waals surface area contributed by atoms with Gasteiger partial charge in [-0.05, 0) is 29.3 Å². The van der Waals surface area contributed by atoms with E-state index in [0.29, 0.717) is 11.3 Å². The molecule has 1 aliphatic heterocycles. The first-order valence-corrected chi connectivity index (χ1v) is 9.73. The molecule has 4 nitrogen and oxygen atoms in total. The molecule has 1 fully saturated rings. The van der Waals surface area contributed by atoms with E-state index in [1.807, 2.05) is 42.5 Å². The maximum absolute atomic E-state index is 12.6. The molecule has 0 unspecified atom stereocenters. The molecule has 1 saturated heterocycles. The summed E-state index contributed by atoms with van der Waals surface area (Å²) >= 11 is 0. The maximum atomic E-state index is 12.6. The van der Waals surface area contributed by atoms with Crippen LogP contribution < -0.4 is 0 Å². The van der Waals surface area contributed by atoms with Crippen molar-refractivity contribution in [2.45, 2.75) is 17.4 Å². The van der Waals surface area contributed by atoms with Crippen LogP contribution in [-0.4, -0.2) is 41.5 Å². The Morgan fingerprint density at radius 3 is 2.52 bits per heavy atom. The van der Waals surface area contributed by atoms with Crippen molar-refractivity contribution in [2.75, 3.05) is 18.6 Å². The van der Waals surface area contributed by atoms with Gasteiger partial charge in [-0.25, -0.2) is 16.9 Å². The van der Waals surface area contributed by atoms with Crippen LogP contribution in [0, 0.1) is 0 Å². The van der Waals surface area contributed by atoms with Crippen LogP contribution in [0.5, 0.6) is 0 Å². The van der Waals surface area contributed by atoms with Gasteiger partial charge in [0.1, 0.15) is 11.0 Å². The summed E-state index contributed by atoms with van der Waals surface area (Å²) in [6, 6.07) is 13.4. The molecule has 6 heteroatoms. The Balaban J connectivity index is 1.86. The minimum absolute atomic E-state index is 0.100. The highest BCUT2D eigenvalue weighted by Gasteiger charge is 2.33. The molecule has 0 saturated carbocycles. The lowest BCUT2D eigenvalue weighted by Gasteiger charge is -2.21. The molecule has 0 aliphatic carbocycles. The normalized spacial score (nSPS) is 22.7. The average molecular weight is 323 g/mol. The second kappa shape index (κ2) is 5.51. The topological polar surface area (TPSA) is 54.5 Å². The molecule has 0 spiro atoms. The van der Waals surface area contributed by atoms with Crippen molar-refractivity contribution >= 4 is 31.6 Å². The predicted molar refractivity (Wildman–Crippen MR) is 85.2 cm³/mol. The van der Waals surface area contributed by atoms with Gasteiger partial charge in [0.2, 0.25) is 0 Å². The summed E-state index contributed by atoms with van der Waals surface area (Å²) in [5, 5.41) is 2.14. The Hall–Kier alpha value is -1.24. The highest BCUT2D eigenvalue weighted by atomic mass is 32.2. The van der Waals surface area contributed by atoms with Gasteiger partial charge < -0.3 is 0 Å². The highest BCUT2D eigenvalue weighted by Crippen LogP contribution is 2.23. The van der Waals surface area contributed by atoms with Crippen LogP contribution in [0.15, 0.2) is 47.4 Å². The highest BCUT2D eigenvalue weighted by molar-refractivity contribution is 7.91. The molecule has 0 bridgehead atoms. The molecule has 3 rings (SSSR count). The van der Waals surface area contributed by atoms with Crippen LogP contribution in [0.4, 0.5) is 0 Å². The summed E-state index contributed by atoms with van der Waals surface area (Å²) in [7, 11) is -2.57. The molecule has 1 heterocycles. The van der Waals surface area contributed by atoms with E-state index in [1.54, 1.807) is 11.4 Å². The van der Waals surface area contributed by atoms with Crippen LogP contribution >= 0.6 is 0 Å². The lowest BCUT2D eigenvalue weighted by atomic mass is 10.1. The van der Waals surface area contributed by atoms with Crippen molar-refractivity contribution in [2.24, 2.45) is 0 Å².